The van der Waals surface area contributed by atoms with Crippen LogP contribution in [0.5, 0.6) is 0 Å². The molecule has 0 heterocycles. The van der Waals surface area contributed by atoms with Crippen LogP contribution in [-0.2, 0) is 19.6 Å². The molecule has 74 valence electrons. The molecule has 0 aliphatic rings. The number of nitrogens with one attached hydrogen (secondary N) is 2. The molecule has 0 aromatic heterocycles. The monoisotopic (exact) mass is 180 g/mol. The fraction of sp³-hybridized carbons (Fsp3) is 1.00. The van der Waals surface area contributed by atoms with Crippen molar-refractivity contribution in [1.82, 2.24) is 10.6 Å². The molecule has 6 nitrogen and oxygen atoms in total. The second-order valence-electron chi connectivity index (χ2n) is 1.86. The summed E-state index contributed by atoms with van der Waals surface area (Å²) in [5.74, 6) is 0. The molecule has 0 saturated heterocycles. The van der Waals surface area contributed by atoms with Gasteiger partial charge in [0.05, 0.1) is 14.2 Å². The van der Waals surface area contributed by atoms with Gasteiger partial charge in [-0.25, -0.2) is 19.6 Å². The second-order valence-corrected chi connectivity index (χ2v) is 1.86. The van der Waals surface area contributed by atoms with Crippen molar-refractivity contribution in [1.29, 1.82) is 0 Å². The SMILES string of the molecule is COOCNCCNCOOC. The normalized spacial score (nSPS) is 10.5. The highest BCUT2D eigenvalue weighted by molar-refractivity contribution is 4.43. The van der Waals surface area contributed by atoms with E-state index in [0.717, 1.165) is 13.1 Å². The van der Waals surface area contributed by atoms with E-state index in [-0.39, 0.29) is 0 Å². The van der Waals surface area contributed by atoms with E-state index in [1.165, 1.54) is 14.2 Å². The number of hydrogen-bond acceptors (Lipinski definition) is 6. The van der Waals surface area contributed by atoms with Gasteiger partial charge in [0.15, 0.2) is 0 Å². The molecular weight excluding hydrogens is 164 g/mol. The highest BCUT2D eigenvalue weighted by Gasteiger charge is 1.87. The topological polar surface area (TPSA) is 61.0 Å². The van der Waals surface area contributed by atoms with Crippen molar-refractivity contribution in [2.24, 2.45) is 0 Å². The molecule has 0 aliphatic carbocycles. The van der Waals surface area contributed by atoms with Crippen LogP contribution in [0.1, 0.15) is 0 Å². The molecule has 12 heavy (non-hydrogen) atoms. The predicted octanol–water partition coefficient (Wildman–Crippen LogP) is -0.763. The summed E-state index contributed by atoms with van der Waals surface area (Å²) in [4.78, 5) is 17.9. The summed E-state index contributed by atoms with van der Waals surface area (Å²) in [5, 5.41) is 5.91. The van der Waals surface area contributed by atoms with Gasteiger partial charge in [0.1, 0.15) is 13.5 Å². The quantitative estimate of drug-likeness (QED) is 0.210. The second kappa shape index (κ2) is 10.8. The lowest BCUT2D eigenvalue weighted by atomic mass is 10.6. The molecule has 2 N–H and O–H groups in total. The fourth-order valence-corrected chi connectivity index (χ4v) is 0.522. The summed E-state index contributed by atoms with van der Waals surface area (Å²) >= 11 is 0. The van der Waals surface area contributed by atoms with E-state index < -0.39 is 0 Å². The van der Waals surface area contributed by atoms with Crippen molar-refractivity contribution in [2.75, 3.05) is 40.8 Å². The summed E-state index contributed by atoms with van der Waals surface area (Å²) in [5.41, 5.74) is 0. The third-order valence-corrected chi connectivity index (χ3v) is 1.04. The third kappa shape index (κ3) is 9.76. The molecule has 0 saturated carbocycles. The van der Waals surface area contributed by atoms with E-state index in [0.29, 0.717) is 13.5 Å². The molecule has 0 aliphatic heterocycles. The lowest BCUT2D eigenvalue weighted by Gasteiger charge is -2.04. The first-order valence-electron chi connectivity index (χ1n) is 3.64. The minimum absolute atomic E-state index is 0.378. The zero-order valence-electron chi connectivity index (χ0n) is 7.46. The molecule has 0 atom stereocenters. The Morgan fingerprint density at radius 3 is 1.58 bits per heavy atom. The lowest BCUT2D eigenvalue weighted by molar-refractivity contribution is -0.278. The zero-order valence-corrected chi connectivity index (χ0v) is 7.46. The van der Waals surface area contributed by atoms with Gasteiger partial charge >= 0.3 is 0 Å². The highest BCUT2D eigenvalue weighted by Crippen LogP contribution is 1.69. The van der Waals surface area contributed by atoms with Gasteiger partial charge < -0.3 is 0 Å². The number of rotatable bonds is 9. The summed E-state index contributed by atoms with van der Waals surface area (Å²) < 4.78 is 0. The van der Waals surface area contributed by atoms with Crippen molar-refractivity contribution in [3.05, 3.63) is 0 Å². The molecule has 0 radical (unpaired) electrons. The van der Waals surface area contributed by atoms with E-state index in [9.17, 15) is 0 Å². The van der Waals surface area contributed by atoms with Crippen LogP contribution < -0.4 is 10.6 Å². The Balaban J connectivity index is 2.73. The largest absolute Gasteiger partial charge is 0.291 e. The van der Waals surface area contributed by atoms with Crippen LogP contribution in [-0.4, -0.2) is 40.8 Å². The fourth-order valence-electron chi connectivity index (χ4n) is 0.522. The highest BCUT2D eigenvalue weighted by atomic mass is 17.2. The Morgan fingerprint density at radius 1 is 0.833 bits per heavy atom. The Hall–Kier alpha value is -0.240. The maximum absolute atomic E-state index is 4.57. The molecule has 0 rings (SSSR count). The van der Waals surface area contributed by atoms with Crippen molar-refractivity contribution >= 4 is 0 Å². The Labute approximate surface area is 72.0 Å². The van der Waals surface area contributed by atoms with Gasteiger partial charge in [-0.15, -0.1) is 0 Å². The van der Waals surface area contributed by atoms with Gasteiger partial charge in [0.25, 0.3) is 0 Å². The first-order valence-corrected chi connectivity index (χ1v) is 3.64. The molecule has 0 aromatic carbocycles. The minimum atomic E-state index is 0.378. The van der Waals surface area contributed by atoms with E-state index in [1.807, 2.05) is 0 Å². The summed E-state index contributed by atoms with van der Waals surface area (Å²) in [6.07, 6.45) is 0. The van der Waals surface area contributed by atoms with Crippen molar-refractivity contribution in [3.8, 4) is 0 Å². The molecule has 0 unspecified atom stereocenters. The Morgan fingerprint density at radius 2 is 1.25 bits per heavy atom. The zero-order chi connectivity index (χ0) is 9.07. The van der Waals surface area contributed by atoms with Crippen molar-refractivity contribution < 1.29 is 19.6 Å². The average Bonchev–Trinajstić information content (AvgIpc) is 2.10. The first-order chi connectivity index (χ1) is 5.91. The first kappa shape index (κ1) is 11.8. The van der Waals surface area contributed by atoms with Crippen LogP contribution in [0, 0.1) is 0 Å². The van der Waals surface area contributed by atoms with Crippen LogP contribution in [0.3, 0.4) is 0 Å². The molecule has 6 heteroatoms. The van der Waals surface area contributed by atoms with Crippen LogP contribution in [0.4, 0.5) is 0 Å². The Bertz CT molecular complexity index is 73.9. The van der Waals surface area contributed by atoms with Crippen LogP contribution in [0.2, 0.25) is 0 Å². The van der Waals surface area contributed by atoms with E-state index >= 15 is 0 Å². The lowest BCUT2D eigenvalue weighted by Crippen LogP contribution is -2.30. The molecule has 0 amide bonds. The molecule has 0 bridgehead atoms. The number of hydrogen-bond donors (Lipinski definition) is 2. The minimum Gasteiger partial charge on any atom is -0.291 e. The van der Waals surface area contributed by atoms with Crippen LogP contribution in [0.15, 0.2) is 0 Å². The predicted molar refractivity (Wildman–Crippen MR) is 41.9 cm³/mol. The van der Waals surface area contributed by atoms with Gasteiger partial charge in [0.2, 0.25) is 0 Å². The van der Waals surface area contributed by atoms with Gasteiger partial charge in [-0.2, -0.15) is 0 Å². The van der Waals surface area contributed by atoms with Gasteiger partial charge in [-0.05, 0) is 0 Å². The van der Waals surface area contributed by atoms with E-state index in [1.54, 1.807) is 0 Å². The van der Waals surface area contributed by atoms with Gasteiger partial charge in [-0.1, -0.05) is 0 Å². The molecule has 0 aromatic rings. The molecule has 0 spiro atoms. The average molecular weight is 180 g/mol. The molecular formula is C6H16N2O4. The molecule has 0 fully saturated rings. The van der Waals surface area contributed by atoms with Gasteiger partial charge in [-0.3, -0.25) is 10.6 Å². The maximum Gasteiger partial charge on any atom is 0.133 e. The van der Waals surface area contributed by atoms with Gasteiger partial charge in [0, 0.05) is 13.1 Å². The van der Waals surface area contributed by atoms with E-state index in [4.69, 9.17) is 0 Å². The smallest absolute Gasteiger partial charge is 0.133 e. The van der Waals surface area contributed by atoms with Crippen molar-refractivity contribution in [3.63, 3.8) is 0 Å². The standard InChI is InChI=1S/C6H16N2O4/c1-9-11-5-7-3-4-8-6-12-10-2/h7-8H,3-6H2,1-2H3. The Kier molecular flexibility index (Phi) is 10.5. The summed E-state index contributed by atoms with van der Waals surface area (Å²) in [6.45, 7) is 2.31. The summed E-state index contributed by atoms with van der Waals surface area (Å²) in [7, 11) is 2.93. The maximum atomic E-state index is 4.57. The third-order valence-electron chi connectivity index (χ3n) is 1.04. The van der Waals surface area contributed by atoms with E-state index in [2.05, 4.69) is 30.2 Å². The van der Waals surface area contributed by atoms with Crippen LogP contribution in [0.25, 0.3) is 0 Å². The summed E-state index contributed by atoms with van der Waals surface area (Å²) in [6, 6.07) is 0. The van der Waals surface area contributed by atoms with Crippen LogP contribution >= 0.6 is 0 Å². The van der Waals surface area contributed by atoms with Crippen molar-refractivity contribution in [2.45, 2.75) is 0 Å².